The molecular weight excluding hydrogens is 370 g/mol. The van der Waals surface area contributed by atoms with Crippen LogP contribution in [-0.4, -0.2) is 53.5 Å². The van der Waals surface area contributed by atoms with Crippen LogP contribution in [0.3, 0.4) is 0 Å². The summed E-state index contributed by atoms with van der Waals surface area (Å²) in [6.07, 6.45) is 0.855. The fourth-order valence-corrected chi connectivity index (χ4v) is 3.90. The molecule has 0 aliphatic carbocycles. The lowest BCUT2D eigenvalue weighted by Gasteiger charge is -2.32. The van der Waals surface area contributed by atoms with Gasteiger partial charge < -0.3 is 20.2 Å². The van der Waals surface area contributed by atoms with Crippen molar-refractivity contribution in [3.05, 3.63) is 65.7 Å². The smallest absolute Gasteiger partial charge is 0.254 e. The summed E-state index contributed by atoms with van der Waals surface area (Å²) in [5.74, 6) is -0.959. The average Bonchev–Trinajstić information content (AvgIpc) is 2.85. The number of amides is 3. The van der Waals surface area contributed by atoms with E-state index in [1.54, 1.807) is 53.4 Å². The van der Waals surface area contributed by atoms with Gasteiger partial charge in [0.15, 0.2) is 0 Å². The van der Waals surface area contributed by atoms with Crippen molar-refractivity contribution in [2.75, 3.05) is 24.5 Å². The molecule has 0 saturated carbocycles. The Labute approximate surface area is 168 Å². The van der Waals surface area contributed by atoms with Gasteiger partial charge in [-0.2, -0.15) is 0 Å². The number of piperidine rings is 1. The number of nitrogens with zero attached hydrogens (tertiary/aromatic N) is 2. The van der Waals surface area contributed by atoms with Gasteiger partial charge in [0.25, 0.3) is 11.8 Å². The van der Waals surface area contributed by atoms with Gasteiger partial charge in [-0.05, 0) is 30.5 Å². The predicted molar refractivity (Wildman–Crippen MR) is 107 cm³/mol. The summed E-state index contributed by atoms with van der Waals surface area (Å²) in [5.41, 5.74) is 1.43. The Morgan fingerprint density at radius 2 is 1.79 bits per heavy atom. The second-order valence-electron chi connectivity index (χ2n) is 7.39. The number of β-amino-alcohol motifs (C(OH)–C–C–N with tert-alkyl or cyclic N) is 1. The first-order chi connectivity index (χ1) is 14.0. The summed E-state index contributed by atoms with van der Waals surface area (Å²) in [4.78, 5) is 42.1. The number of anilines is 1. The largest absolute Gasteiger partial charge is 0.391 e. The van der Waals surface area contributed by atoms with Crippen molar-refractivity contribution in [3.63, 3.8) is 0 Å². The van der Waals surface area contributed by atoms with Crippen LogP contribution in [0.2, 0.25) is 0 Å². The van der Waals surface area contributed by atoms with Crippen molar-refractivity contribution in [2.24, 2.45) is 0 Å². The molecule has 2 N–H and O–H groups in total. The first kappa shape index (κ1) is 19.1. The highest BCUT2D eigenvalue weighted by molar-refractivity contribution is 6.12. The molecule has 0 bridgehead atoms. The molecule has 7 nitrogen and oxygen atoms in total. The molecule has 2 heterocycles. The third-order valence-corrected chi connectivity index (χ3v) is 5.40. The highest BCUT2D eigenvalue weighted by Gasteiger charge is 2.36. The lowest BCUT2D eigenvalue weighted by atomic mass is 10.1. The van der Waals surface area contributed by atoms with Gasteiger partial charge in [-0.15, -0.1) is 0 Å². The van der Waals surface area contributed by atoms with Crippen LogP contribution in [0.15, 0.2) is 54.6 Å². The maximum atomic E-state index is 13.4. The average molecular weight is 393 g/mol. The summed E-state index contributed by atoms with van der Waals surface area (Å²) < 4.78 is 0. The van der Waals surface area contributed by atoms with E-state index < -0.39 is 12.1 Å². The number of aliphatic hydroxyl groups excluding tert-OH is 1. The zero-order valence-corrected chi connectivity index (χ0v) is 16.0. The van der Waals surface area contributed by atoms with Crippen molar-refractivity contribution in [2.45, 2.75) is 25.0 Å². The molecule has 2 aromatic rings. The third-order valence-electron chi connectivity index (χ3n) is 5.40. The molecule has 2 aliphatic heterocycles. The zero-order valence-electron chi connectivity index (χ0n) is 16.0. The van der Waals surface area contributed by atoms with E-state index >= 15 is 0 Å². The maximum absolute atomic E-state index is 13.4. The number of likely N-dealkylation sites (tertiary alicyclic amines) is 1. The van der Waals surface area contributed by atoms with E-state index in [2.05, 4.69) is 5.32 Å². The highest BCUT2D eigenvalue weighted by Crippen LogP contribution is 2.29. The van der Waals surface area contributed by atoms with E-state index in [4.69, 9.17) is 0 Å². The van der Waals surface area contributed by atoms with Crippen LogP contribution in [0.25, 0.3) is 0 Å². The molecular formula is C22H23N3O4. The van der Waals surface area contributed by atoms with Gasteiger partial charge in [-0.25, -0.2) is 0 Å². The number of aliphatic hydroxyl groups is 1. The van der Waals surface area contributed by atoms with Crippen LogP contribution in [0, 0.1) is 0 Å². The molecule has 3 amide bonds. The fraction of sp³-hybridized carbons (Fsp3) is 0.318. The van der Waals surface area contributed by atoms with Crippen molar-refractivity contribution in [1.29, 1.82) is 0 Å². The molecule has 2 aromatic carbocycles. The van der Waals surface area contributed by atoms with Crippen LogP contribution in [0.4, 0.5) is 5.69 Å². The van der Waals surface area contributed by atoms with E-state index in [0.29, 0.717) is 29.8 Å². The molecule has 7 heteroatoms. The van der Waals surface area contributed by atoms with E-state index in [1.165, 1.54) is 4.90 Å². The summed E-state index contributed by atoms with van der Waals surface area (Å²) >= 11 is 0. The molecule has 1 fully saturated rings. The van der Waals surface area contributed by atoms with Crippen LogP contribution >= 0.6 is 0 Å². The number of carbonyl (C=O) groups excluding carboxylic acids is 3. The first-order valence-corrected chi connectivity index (χ1v) is 9.76. The Morgan fingerprint density at radius 3 is 2.55 bits per heavy atom. The fourth-order valence-electron chi connectivity index (χ4n) is 3.90. The van der Waals surface area contributed by atoms with Gasteiger partial charge >= 0.3 is 0 Å². The number of carbonyl (C=O) groups is 3. The van der Waals surface area contributed by atoms with Crippen LogP contribution < -0.4 is 10.2 Å². The van der Waals surface area contributed by atoms with Gasteiger partial charge in [0.2, 0.25) is 5.91 Å². The molecule has 0 aromatic heterocycles. The number of rotatable bonds is 3. The van der Waals surface area contributed by atoms with Gasteiger partial charge in [0, 0.05) is 13.1 Å². The molecule has 2 aliphatic rings. The van der Waals surface area contributed by atoms with Crippen molar-refractivity contribution >= 4 is 23.4 Å². The summed E-state index contributed by atoms with van der Waals surface area (Å²) in [6.45, 7) is 0.640. The first-order valence-electron chi connectivity index (χ1n) is 9.76. The van der Waals surface area contributed by atoms with Gasteiger partial charge in [-0.3, -0.25) is 14.4 Å². The Morgan fingerprint density at radius 1 is 1.07 bits per heavy atom. The summed E-state index contributed by atoms with van der Waals surface area (Å²) in [7, 11) is 0. The SMILES string of the molecule is O=C1NC(c2ccccc2)C(=O)N(CC(=O)N2CCCC(O)C2)c2ccccc21. The summed E-state index contributed by atoms with van der Waals surface area (Å²) in [6, 6.07) is 14.9. The molecule has 0 radical (unpaired) electrons. The zero-order chi connectivity index (χ0) is 20.4. The topological polar surface area (TPSA) is 90.0 Å². The lowest BCUT2D eigenvalue weighted by molar-refractivity contribution is -0.134. The third kappa shape index (κ3) is 3.86. The highest BCUT2D eigenvalue weighted by atomic mass is 16.3. The molecule has 1 saturated heterocycles. The van der Waals surface area contributed by atoms with Crippen LogP contribution in [0.5, 0.6) is 0 Å². The molecule has 0 spiro atoms. The number of hydrogen-bond acceptors (Lipinski definition) is 4. The lowest BCUT2D eigenvalue weighted by Crippen LogP contribution is -2.49. The van der Waals surface area contributed by atoms with Gasteiger partial charge in [0.1, 0.15) is 12.6 Å². The van der Waals surface area contributed by atoms with Gasteiger partial charge in [-0.1, -0.05) is 42.5 Å². The van der Waals surface area contributed by atoms with Crippen molar-refractivity contribution in [3.8, 4) is 0 Å². The van der Waals surface area contributed by atoms with Crippen LogP contribution in [0.1, 0.15) is 34.8 Å². The van der Waals surface area contributed by atoms with E-state index in [9.17, 15) is 19.5 Å². The Balaban J connectivity index is 1.68. The number of para-hydroxylation sites is 1. The molecule has 4 rings (SSSR count). The quantitative estimate of drug-likeness (QED) is 0.827. The van der Waals surface area contributed by atoms with E-state index in [-0.39, 0.29) is 30.8 Å². The minimum absolute atomic E-state index is 0.180. The molecule has 29 heavy (non-hydrogen) atoms. The van der Waals surface area contributed by atoms with E-state index in [1.807, 2.05) is 6.07 Å². The molecule has 2 atom stereocenters. The normalized spacial score (nSPS) is 22.0. The Hall–Kier alpha value is -3.19. The molecule has 150 valence electrons. The van der Waals surface area contributed by atoms with Crippen molar-refractivity contribution < 1.29 is 19.5 Å². The number of hydrogen-bond donors (Lipinski definition) is 2. The number of fused-ring (bicyclic) bond motifs is 1. The van der Waals surface area contributed by atoms with Gasteiger partial charge in [0.05, 0.1) is 17.4 Å². The van der Waals surface area contributed by atoms with Crippen molar-refractivity contribution in [1.82, 2.24) is 10.2 Å². The minimum Gasteiger partial charge on any atom is -0.391 e. The van der Waals surface area contributed by atoms with Crippen LogP contribution in [-0.2, 0) is 9.59 Å². The second-order valence-corrected chi connectivity index (χ2v) is 7.39. The minimum atomic E-state index is -0.879. The predicted octanol–water partition coefficient (Wildman–Crippen LogP) is 1.49. The maximum Gasteiger partial charge on any atom is 0.254 e. The summed E-state index contributed by atoms with van der Waals surface area (Å²) in [5, 5.41) is 12.7. The van der Waals surface area contributed by atoms with E-state index in [0.717, 1.165) is 6.42 Å². The number of benzene rings is 2. The number of nitrogens with one attached hydrogen (secondary N) is 1. The second kappa shape index (κ2) is 8.05. The standard InChI is InChI=1S/C22H23N3O4/c26-16-9-6-12-24(13-16)19(27)14-25-18-11-5-4-10-17(18)21(28)23-20(22(25)29)15-7-2-1-3-8-15/h1-5,7-8,10-11,16,20,26H,6,9,12-14H2,(H,23,28). The Kier molecular flexibility index (Phi) is 5.31. The Bertz CT molecular complexity index is 931. The monoisotopic (exact) mass is 393 g/mol. The molecule has 2 unspecified atom stereocenters.